The number of likely N-dealkylation sites (N-methyl/N-ethyl adjacent to an activating group) is 1. The lowest BCUT2D eigenvalue weighted by molar-refractivity contribution is -0.142. The number of carboxylic acids is 1. The van der Waals surface area contributed by atoms with E-state index in [1.807, 2.05) is 19.0 Å². The van der Waals surface area contributed by atoms with E-state index < -0.39 is 5.97 Å². The summed E-state index contributed by atoms with van der Waals surface area (Å²) in [6, 6.07) is 1.77. The van der Waals surface area contributed by atoms with Gasteiger partial charge in [-0.25, -0.2) is 0 Å². The standard InChI is InChI=1S/C13H20N4O3/c1-15(2)8-9-17(10-13(19)20)12(18)5-4-11-6-7-14-16(11)3/h4-7H,8-10H2,1-3H3,(H,19,20)/b5-4+. The van der Waals surface area contributed by atoms with Crippen LogP contribution < -0.4 is 0 Å². The Bertz CT molecular complexity index is 494. The maximum absolute atomic E-state index is 12.0. The van der Waals surface area contributed by atoms with E-state index in [1.165, 1.54) is 11.0 Å². The summed E-state index contributed by atoms with van der Waals surface area (Å²) in [6.07, 6.45) is 4.63. The fraction of sp³-hybridized carbons (Fsp3) is 0.462. The number of carboxylic acid groups (broad SMARTS) is 1. The molecule has 0 unspecified atom stereocenters. The van der Waals surface area contributed by atoms with Gasteiger partial charge < -0.3 is 14.9 Å². The van der Waals surface area contributed by atoms with Gasteiger partial charge in [0.25, 0.3) is 0 Å². The zero-order valence-electron chi connectivity index (χ0n) is 12.0. The van der Waals surface area contributed by atoms with Crippen molar-refractivity contribution in [1.29, 1.82) is 0 Å². The zero-order chi connectivity index (χ0) is 15.1. The summed E-state index contributed by atoms with van der Waals surface area (Å²) < 4.78 is 1.63. The molecule has 7 nitrogen and oxygen atoms in total. The van der Waals surface area contributed by atoms with Crippen LogP contribution >= 0.6 is 0 Å². The predicted octanol–water partition coefficient (Wildman–Crippen LogP) is -0.0919. The average molecular weight is 280 g/mol. The molecule has 0 atom stereocenters. The number of carbonyl (C=O) groups excluding carboxylic acids is 1. The van der Waals surface area contributed by atoms with Crippen LogP contribution in [0.5, 0.6) is 0 Å². The summed E-state index contributed by atoms with van der Waals surface area (Å²) in [5.41, 5.74) is 0.779. The highest BCUT2D eigenvalue weighted by Gasteiger charge is 2.14. The summed E-state index contributed by atoms with van der Waals surface area (Å²) in [5, 5.41) is 12.8. The van der Waals surface area contributed by atoms with Gasteiger partial charge in [-0.3, -0.25) is 14.3 Å². The van der Waals surface area contributed by atoms with Crippen molar-refractivity contribution in [3.05, 3.63) is 24.0 Å². The average Bonchev–Trinajstić information content (AvgIpc) is 2.76. The van der Waals surface area contributed by atoms with E-state index in [-0.39, 0.29) is 12.5 Å². The highest BCUT2D eigenvalue weighted by molar-refractivity contribution is 5.93. The van der Waals surface area contributed by atoms with Gasteiger partial charge in [0, 0.05) is 32.4 Å². The molecule has 1 N–H and O–H groups in total. The molecule has 1 heterocycles. The minimum atomic E-state index is -1.02. The molecule has 0 saturated heterocycles. The number of rotatable bonds is 7. The Morgan fingerprint density at radius 2 is 2.10 bits per heavy atom. The maximum atomic E-state index is 12.0. The van der Waals surface area contributed by atoms with Crippen LogP contribution in [-0.4, -0.2) is 70.3 Å². The second kappa shape index (κ2) is 7.44. The van der Waals surface area contributed by atoms with Crippen molar-refractivity contribution in [2.24, 2.45) is 7.05 Å². The molecular formula is C13H20N4O3. The maximum Gasteiger partial charge on any atom is 0.323 e. The van der Waals surface area contributed by atoms with Crippen LogP contribution in [0, 0.1) is 0 Å². The predicted molar refractivity (Wildman–Crippen MR) is 75.0 cm³/mol. The van der Waals surface area contributed by atoms with Gasteiger partial charge in [-0.05, 0) is 26.2 Å². The summed E-state index contributed by atoms with van der Waals surface area (Å²) >= 11 is 0. The number of nitrogens with zero attached hydrogens (tertiary/aromatic N) is 4. The van der Waals surface area contributed by atoms with Crippen molar-refractivity contribution >= 4 is 18.0 Å². The van der Waals surface area contributed by atoms with Gasteiger partial charge in [0.15, 0.2) is 0 Å². The third-order valence-electron chi connectivity index (χ3n) is 2.71. The van der Waals surface area contributed by atoms with E-state index in [1.54, 1.807) is 30.1 Å². The molecule has 1 rings (SSSR count). The van der Waals surface area contributed by atoms with E-state index in [9.17, 15) is 9.59 Å². The molecule has 0 bridgehead atoms. The van der Waals surface area contributed by atoms with Crippen LogP contribution in [0.4, 0.5) is 0 Å². The topological polar surface area (TPSA) is 78.7 Å². The minimum absolute atomic E-state index is 0.303. The van der Waals surface area contributed by atoms with Gasteiger partial charge in [-0.1, -0.05) is 0 Å². The van der Waals surface area contributed by atoms with Crippen LogP contribution in [0.15, 0.2) is 18.3 Å². The Labute approximate surface area is 118 Å². The third-order valence-corrected chi connectivity index (χ3v) is 2.71. The number of aromatic nitrogens is 2. The largest absolute Gasteiger partial charge is 0.480 e. The normalized spacial score (nSPS) is 11.2. The summed E-state index contributed by atoms with van der Waals surface area (Å²) in [4.78, 5) is 26.0. The molecule has 1 aromatic rings. The Kier molecular flexibility index (Phi) is 5.92. The molecular weight excluding hydrogens is 260 g/mol. The summed E-state index contributed by atoms with van der Waals surface area (Å²) in [7, 11) is 5.51. The highest BCUT2D eigenvalue weighted by atomic mass is 16.4. The Morgan fingerprint density at radius 3 is 2.60 bits per heavy atom. The quantitative estimate of drug-likeness (QED) is 0.706. The van der Waals surface area contributed by atoms with Gasteiger partial charge in [-0.2, -0.15) is 5.10 Å². The van der Waals surface area contributed by atoms with Crippen molar-refractivity contribution < 1.29 is 14.7 Å². The molecule has 1 aromatic heterocycles. The van der Waals surface area contributed by atoms with Crippen LogP contribution in [0.2, 0.25) is 0 Å². The summed E-state index contributed by atoms with van der Waals surface area (Å²) in [6.45, 7) is 0.675. The Hall–Kier alpha value is -2.15. The van der Waals surface area contributed by atoms with E-state index in [0.29, 0.717) is 13.1 Å². The molecule has 0 saturated carbocycles. The van der Waals surface area contributed by atoms with E-state index in [4.69, 9.17) is 5.11 Å². The molecule has 0 radical (unpaired) electrons. The Morgan fingerprint density at radius 1 is 1.40 bits per heavy atom. The first-order valence-electron chi connectivity index (χ1n) is 6.21. The number of hydrogen-bond donors (Lipinski definition) is 1. The molecule has 0 spiro atoms. The van der Waals surface area contributed by atoms with Crippen molar-refractivity contribution in [2.75, 3.05) is 33.7 Å². The molecule has 7 heteroatoms. The summed E-state index contributed by atoms with van der Waals surface area (Å²) in [5.74, 6) is -1.35. The van der Waals surface area contributed by atoms with E-state index in [0.717, 1.165) is 5.69 Å². The first-order valence-corrected chi connectivity index (χ1v) is 6.21. The monoisotopic (exact) mass is 280 g/mol. The molecule has 0 fully saturated rings. The van der Waals surface area contributed by atoms with Gasteiger partial charge in [0.1, 0.15) is 6.54 Å². The smallest absolute Gasteiger partial charge is 0.323 e. The number of hydrogen-bond acceptors (Lipinski definition) is 4. The van der Waals surface area contributed by atoms with Gasteiger partial charge in [0.2, 0.25) is 5.91 Å². The van der Waals surface area contributed by atoms with Crippen molar-refractivity contribution in [3.8, 4) is 0 Å². The van der Waals surface area contributed by atoms with E-state index in [2.05, 4.69) is 5.10 Å². The fourth-order valence-corrected chi connectivity index (χ4v) is 1.56. The molecule has 110 valence electrons. The fourth-order valence-electron chi connectivity index (χ4n) is 1.56. The van der Waals surface area contributed by atoms with Crippen molar-refractivity contribution in [2.45, 2.75) is 0 Å². The van der Waals surface area contributed by atoms with E-state index >= 15 is 0 Å². The number of aliphatic carboxylic acids is 1. The van der Waals surface area contributed by atoms with Crippen LogP contribution in [0.3, 0.4) is 0 Å². The molecule has 1 amide bonds. The van der Waals surface area contributed by atoms with Gasteiger partial charge in [-0.15, -0.1) is 0 Å². The van der Waals surface area contributed by atoms with Crippen LogP contribution in [0.25, 0.3) is 6.08 Å². The van der Waals surface area contributed by atoms with Gasteiger partial charge in [0.05, 0.1) is 5.69 Å². The second-order valence-corrected chi connectivity index (χ2v) is 4.67. The first-order chi connectivity index (χ1) is 9.40. The molecule has 0 aromatic carbocycles. The second-order valence-electron chi connectivity index (χ2n) is 4.67. The lowest BCUT2D eigenvalue weighted by Crippen LogP contribution is -2.39. The molecule has 0 aliphatic carbocycles. The molecule has 0 aliphatic rings. The molecule has 20 heavy (non-hydrogen) atoms. The number of aryl methyl sites for hydroxylation is 1. The number of carbonyl (C=O) groups is 2. The third kappa shape index (κ3) is 5.23. The highest BCUT2D eigenvalue weighted by Crippen LogP contribution is 2.01. The van der Waals surface area contributed by atoms with Gasteiger partial charge >= 0.3 is 5.97 Å². The zero-order valence-corrected chi connectivity index (χ0v) is 12.0. The number of amides is 1. The van der Waals surface area contributed by atoms with Crippen LogP contribution in [-0.2, 0) is 16.6 Å². The SMILES string of the molecule is CN(C)CCN(CC(=O)O)C(=O)/C=C/c1ccnn1C. The van der Waals surface area contributed by atoms with Crippen molar-refractivity contribution in [3.63, 3.8) is 0 Å². The van der Waals surface area contributed by atoms with Crippen LogP contribution in [0.1, 0.15) is 5.69 Å². The molecule has 0 aliphatic heterocycles. The lowest BCUT2D eigenvalue weighted by Gasteiger charge is -2.21. The minimum Gasteiger partial charge on any atom is -0.480 e. The van der Waals surface area contributed by atoms with Crippen molar-refractivity contribution in [1.82, 2.24) is 19.6 Å². The lowest BCUT2D eigenvalue weighted by atomic mass is 10.3. The first kappa shape index (κ1) is 15.9. The Balaban J connectivity index is 2.69.